The summed E-state index contributed by atoms with van der Waals surface area (Å²) in [5.74, 6) is 0.454. The van der Waals surface area contributed by atoms with Crippen molar-refractivity contribution in [2.24, 2.45) is 0 Å². The average Bonchev–Trinajstić information content (AvgIpc) is 2.96. The molecule has 0 saturated carbocycles. The van der Waals surface area contributed by atoms with Gasteiger partial charge in [0.2, 0.25) is 0 Å². The van der Waals surface area contributed by atoms with Crippen LogP contribution in [0.5, 0.6) is 11.5 Å². The van der Waals surface area contributed by atoms with Gasteiger partial charge in [0.05, 0.1) is 11.4 Å². The smallest absolute Gasteiger partial charge is 0.161 e. The second kappa shape index (κ2) is 4.95. The van der Waals surface area contributed by atoms with Gasteiger partial charge in [-0.3, -0.25) is 0 Å². The van der Waals surface area contributed by atoms with Crippen molar-refractivity contribution in [2.75, 3.05) is 10.6 Å². The molecule has 0 bridgehead atoms. The molecule has 4 rings (SSSR count). The maximum Gasteiger partial charge on any atom is 0.161 e. The normalized spacial score (nSPS) is 14.6. The average molecular weight is 304 g/mol. The van der Waals surface area contributed by atoms with Crippen LogP contribution in [0.25, 0.3) is 0 Å². The molecular formula is C19H16N2O2. The van der Waals surface area contributed by atoms with E-state index in [1.54, 1.807) is 24.3 Å². The van der Waals surface area contributed by atoms with Gasteiger partial charge in [0.25, 0.3) is 0 Å². The molecule has 0 aliphatic carbocycles. The van der Waals surface area contributed by atoms with Gasteiger partial charge < -0.3 is 20.8 Å². The number of hydrogen-bond acceptors (Lipinski definition) is 4. The van der Waals surface area contributed by atoms with Gasteiger partial charge in [0, 0.05) is 11.1 Å². The minimum atomic E-state index is -0.648. The molecule has 1 heterocycles. The number of hydrogen-bond donors (Lipinski definition) is 4. The third-order valence-corrected chi connectivity index (χ3v) is 4.17. The number of nitrogens with one attached hydrogen (secondary N) is 2. The Labute approximate surface area is 134 Å². The van der Waals surface area contributed by atoms with Crippen LogP contribution in [0.2, 0.25) is 0 Å². The van der Waals surface area contributed by atoms with Gasteiger partial charge in [-0.05, 0) is 36.4 Å². The van der Waals surface area contributed by atoms with E-state index >= 15 is 0 Å². The number of rotatable bonds is 2. The van der Waals surface area contributed by atoms with Crippen LogP contribution in [0, 0.1) is 0 Å². The van der Waals surface area contributed by atoms with Crippen LogP contribution < -0.4 is 10.6 Å². The van der Waals surface area contributed by atoms with Crippen molar-refractivity contribution in [1.29, 1.82) is 0 Å². The third-order valence-electron chi connectivity index (χ3n) is 4.17. The summed E-state index contributed by atoms with van der Waals surface area (Å²) in [6.07, 6.45) is 0. The lowest BCUT2D eigenvalue weighted by Gasteiger charge is -2.32. The molecule has 3 aromatic carbocycles. The molecule has 3 aromatic rings. The summed E-state index contributed by atoms with van der Waals surface area (Å²) in [5.41, 5.74) is 3.31. The number of phenolic OH excluding ortho intramolecular Hbond substituents is 2. The summed E-state index contributed by atoms with van der Waals surface area (Å²) in [7, 11) is 0. The fourth-order valence-electron chi connectivity index (χ4n) is 3.01. The minimum absolute atomic E-state index is 0.227. The predicted octanol–water partition coefficient (Wildman–Crippen LogP) is 3.84. The van der Waals surface area contributed by atoms with E-state index in [2.05, 4.69) is 10.6 Å². The minimum Gasteiger partial charge on any atom is -0.508 e. The highest BCUT2D eigenvalue weighted by atomic mass is 16.3. The zero-order valence-electron chi connectivity index (χ0n) is 12.3. The van der Waals surface area contributed by atoms with E-state index in [9.17, 15) is 10.2 Å². The van der Waals surface area contributed by atoms with Crippen molar-refractivity contribution in [1.82, 2.24) is 0 Å². The van der Waals surface area contributed by atoms with Gasteiger partial charge in [-0.25, -0.2) is 0 Å². The summed E-state index contributed by atoms with van der Waals surface area (Å²) >= 11 is 0. The van der Waals surface area contributed by atoms with E-state index in [0.717, 1.165) is 22.5 Å². The molecule has 4 heteroatoms. The first-order valence-corrected chi connectivity index (χ1v) is 7.42. The van der Waals surface area contributed by atoms with Crippen LogP contribution in [-0.4, -0.2) is 10.2 Å². The molecule has 4 N–H and O–H groups in total. The van der Waals surface area contributed by atoms with Crippen LogP contribution in [-0.2, 0) is 5.66 Å². The maximum absolute atomic E-state index is 9.59. The molecule has 0 radical (unpaired) electrons. The lowest BCUT2D eigenvalue weighted by atomic mass is 9.91. The molecule has 1 aliphatic heterocycles. The van der Waals surface area contributed by atoms with Crippen LogP contribution >= 0.6 is 0 Å². The Morgan fingerprint density at radius 1 is 0.565 bits per heavy atom. The van der Waals surface area contributed by atoms with Crippen molar-refractivity contribution < 1.29 is 10.2 Å². The molecule has 0 unspecified atom stereocenters. The van der Waals surface area contributed by atoms with Gasteiger partial charge in [-0.1, -0.05) is 36.4 Å². The van der Waals surface area contributed by atoms with E-state index < -0.39 is 5.66 Å². The Kier molecular flexibility index (Phi) is 2.91. The van der Waals surface area contributed by atoms with E-state index in [1.807, 2.05) is 48.5 Å². The van der Waals surface area contributed by atoms with Gasteiger partial charge in [-0.15, -0.1) is 0 Å². The lowest BCUT2D eigenvalue weighted by molar-refractivity contribution is 0.474. The van der Waals surface area contributed by atoms with Crippen molar-refractivity contribution in [3.05, 3.63) is 83.9 Å². The fraction of sp³-hybridized carbons (Fsp3) is 0.0526. The number of benzene rings is 3. The summed E-state index contributed by atoms with van der Waals surface area (Å²) in [6.45, 7) is 0. The number of aromatic hydroxyl groups is 2. The van der Waals surface area contributed by atoms with Crippen LogP contribution in [0.3, 0.4) is 0 Å². The SMILES string of the molecule is Oc1ccc(C2(c3ccc(O)cc3)Nc3ccccc3N2)cc1. The van der Waals surface area contributed by atoms with Gasteiger partial charge in [0.1, 0.15) is 11.5 Å². The summed E-state index contributed by atoms with van der Waals surface area (Å²) in [4.78, 5) is 0. The number of phenols is 2. The Hall–Kier alpha value is -3.14. The van der Waals surface area contributed by atoms with E-state index in [0.29, 0.717) is 0 Å². The van der Waals surface area contributed by atoms with E-state index in [1.165, 1.54) is 0 Å². The van der Waals surface area contributed by atoms with E-state index in [4.69, 9.17) is 0 Å². The van der Waals surface area contributed by atoms with Crippen LogP contribution in [0.1, 0.15) is 11.1 Å². The molecule has 0 aromatic heterocycles. The van der Waals surface area contributed by atoms with Crippen LogP contribution in [0.4, 0.5) is 11.4 Å². The second-order valence-corrected chi connectivity index (χ2v) is 5.64. The zero-order valence-corrected chi connectivity index (χ0v) is 12.3. The first-order chi connectivity index (χ1) is 11.2. The topological polar surface area (TPSA) is 64.5 Å². The molecule has 4 nitrogen and oxygen atoms in total. The highest BCUT2D eigenvalue weighted by Crippen LogP contribution is 2.43. The highest BCUT2D eigenvalue weighted by Gasteiger charge is 2.39. The zero-order chi connectivity index (χ0) is 15.9. The monoisotopic (exact) mass is 304 g/mol. The standard InChI is InChI=1S/C19H16N2O2/c22-15-9-5-13(6-10-15)19(14-7-11-16(23)12-8-14)20-17-3-1-2-4-18(17)21-19/h1-12,20-23H. The quantitative estimate of drug-likeness (QED) is 0.581. The molecule has 114 valence electrons. The van der Waals surface area contributed by atoms with E-state index in [-0.39, 0.29) is 11.5 Å². The Morgan fingerprint density at radius 3 is 1.35 bits per heavy atom. The number of fused-ring (bicyclic) bond motifs is 1. The largest absolute Gasteiger partial charge is 0.508 e. The first-order valence-electron chi connectivity index (χ1n) is 7.42. The third kappa shape index (κ3) is 2.16. The van der Waals surface area contributed by atoms with Crippen LogP contribution in [0.15, 0.2) is 72.8 Å². The second-order valence-electron chi connectivity index (χ2n) is 5.64. The van der Waals surface area contributed by atoms with Crippen molar-refractivity contribution in [3.63, 3.8) is 0 Å². The highest BCUT2D eigenvalue weighted by molar-refractivity contribution is 5.79. The van der Waals surface area contributed by atoms with Gasteiger partial charge >= 0.3 is 0 Å². The Morgan fingerprint density at radius 2 is 0.957 bits per heavy atom. The predicted molar refractivity (Wildman–Crippen MR) is 90.7 cm³/mol. The molecule has 1 aliphatic rings. The molecular weight excluding hydrogens is 288 g/mol. The molecule has 0 saturated heterocycles. The summed E-state index contributed by atoms with van der Waals surface area (Å²) < 4.78 is 0. The molecule has 0 amide bonds. The fourth-order valence-corrected chi connectivity index (χ4v) is 3.01. The van der Waals surface area contributed by atoms with Crippen molar-refractivity contribution >= 4 is 11.4 Å². The molecule has 0 spiro atoms. The molecule has 0 fully saturated rings. The molecule has 23 heavy (non-hydrogen) atoms. The first kappa shape index (κ1) is 13.5. The summed E-state index contributed by atoms with van der Waals surface area (Å²) in [6, 6.07) is 22.2. The van der Waals surface area contributed by atoms with Crippen molar-refractivity contribution in [3.8, 4) is 11.5 Å². The molecule has 0 atom stereocenters. The Balaban J connectivity index is 1.88. The lowest BCUT2D eigenvalue weighted by Crippen LogP contribution is -2.39. The van der Waals surface area contributed by atoms with Crippen molar-refractivity contribution in [2.45, 2.75) is 5.66 Å². The number of para-hydroxylation sites is 2. The maximum atomic E-state index is 9.59. The van der Waals surface area contributed by atoms with Gasteiger partial charge in [0.15, 0.2) is 5.66 Å². The summed E-state index contributed by atoms with van der Waals surface area (Å²) in [5, 5.41) is 26.3. The Bertz CT molecular complexity index is 770. The van der Waals surface area contributed by atoms with Gasteiger partial charge in [-0.2, -0.15) is 0 Å². The number of anilines is 2.